The van der Waals surface area contributed by atoms with E-state index in [1.165, 1.54) is 30.1 Å². The van der Waals surface area contributed by atoms with E-state index < -0.39 is 11.7 Å². The number of carbonyl (C=O) groups is 1. The van der Waals surface area contributed by atoms with Gasteiger partial charge in [-0.15, -0.1) is 0 Å². The standard InChI is InChI=1S/C22H22FN5O/c23-19-8-4-5-9-20(19)26-21(29)18-14-24-22(25-15-18)28-12-10-27(11-13-28)16-17-6-2-1-3-7-17/h1-9,14-15H,10-13,16H2,(H,26,29). The van der Waals surface area contributed by atoms with Crippen LogP contribution in [0.1, 0.15) is 15.9 Å². The van der Waals surface area contributed by atoms with Gasteiger partial charge in [-0.1, -0.05) is 42.5 Å². The van der Waals surface area contributed by atoms with Gasteiger partial charge in [0.1, 0.15) is 5.82 Å². The first kappa shape index (κ1) is 19.0. The lowest BCUT2D eigenvalue weighted by atomic mass is 10.2. The van der Waals surface area contributed by atoms with Gasteiger partial charge in [0, 0.05) is 45.1 Å². The maximum absolute atomic E-state index is 13.7. The van der Waals surface area contributed by atoms with Gasteiger partial charge in [0.15, 0.2) is 0 Å². The Bertz CT molecular complexity index is 956. The third-order valence-electron chi connectivity index (χ3n) is 4.93. The second kappa shape index (κ2) is 8.79. The molecule has 148 valence electrons. The molecule has 29 heavy (non-hydrogen) atoms. The Morgan fingerprint density at radius 3 is 2.28 bits per heavy atom. The fourth-order valence-electron chi connectivity index (χ4n) is 3.31. The van der Waals surface area contributed by atoms with Crippen molar-refractivity contribution >= 4 is 17.5 Å². The summed E-state index contributed by atoms with van der Waals surface area (Å²) >= 11 is 0. The summed E-state index contributed by atoms with van der Waals surface area (Å²) in [5, 5.41) is 2.54. The second-order valence-electron chi connectivity index (χ2n) is 6.95. The highest BCUT2D eigenvalue weighted by atomic mass is 19.1. The number of para-hydroxylation sites is 1. The van der Waals surface area contributed by atoms with Gasteiger partial charge >= 0.3 is 0 Å². The van der Waals surface area contributed by atoms with Crippen LogP contribution in [0.15, 0.2) is 67.0 Å². The number of anilines is 2. The number of rotatable bonds is 5. The molecule has 0 saturated carbocycles. The minimum Gasteiger partial charge on any atom is -0.338 e. The first-order chi connectivity index (χ1) is 14.2. The summed E-state index contributed by atoms with van der Waals surface area (Å²) in [4.78, 5) is 25.5. The number of piperazine rings is 1. The van der Waals surface area contributed by atoms with E-state index in [1.807, 2.05) is 6.07 Å². The van der Waals surface area contributed by atoms with Gasteiger partial charge in [0.05, 0.1) is 11.3 Å². The average molecular weight is 391 g/mol. The molecule has 1 amide bonds. The summed E-state index contributed by atoms with van der Waals surface area (Å²) in [6.07, 6.45) is 2.96. The quantitative estimate of drug-likeness (QED) is 0.724. The van der Waals surface area contributed by atoms with E-state index in [2.05, 4.69) is 49.4 Å². The Balaban J connectivity index is 1.33. The van der Waals surface area contributed by atoms with Crippen LogP contribution in [-0.2, 0) is 6.54 Å². The number of hydrogen-bond donors (Lipinski definition) is 1. The number of carbonyl (C=O) groups excluding carboxylic acids is 1. The molecule has 1 aliphatic heterocycles. The van der Waals surface area contributed by atoms with Crippen molar-refractivity contribution in [3.05, 3.63) is 83.9 Å². The SMILES string of the molecule is O=C(Nc1ccccc1F)c1cnc(N2CCN(Cc3ccccc3)CC2)nc1. The fourth-order valence-corrected chi connectivity index (χ4v) is 3.31. The predicted octanol–water partition coefficient (Wildman–Crippen LogP) is 3.19. The smallest absolute Gasteiger partial charge is 0.258 e. The van der Waals surface area contributed by atoms with Crippen LogP contribution in [-0.4, -0.2) is 47.0 Å². The van der Waals surface area contributed by atoms with E-state index in [1.54, 1.807) is 12.1 Å². The largest absolute Gasteiger partial charge is 0.338 e. The average Bonchev–Trinajstić information content (AvgIpc) is 2.77. The first-order valence-corrected chi connectivity index (χ1v) is 9.58. The monoisotopic (exact) mass is 391 g/mol. The fraction of sp³-hybridized carbons (Fsp3) is 0.227. The number of nitrogens with one attached hydrogen (secondary N) is 1. The van der Waals surface area contributed by atoms with Crippen LogP contribution >= 0.6 is 0 Å². The van der Waals surface area contributed by atoms with Crippen molar-refractivity contribution in [2.45, 2.75) is 6.54 Å². The van der Waals surface area contributed by atoms with E-state index in [-0.39, 0.29) is 5.69 Å². The third-order valence-corrected chi connectivity index (χ3v) is 4.93. The van der Waals surface area contributed by atoms with Gasteiger partial charge < -0.3 is 10.2 Å². The van der Waals surface area contributed by atoms with Crippen LogP contribution in [0.3, 0.4) is 0 Å². The van der Waals surface area contributed by atoms with Crippen molar-refractivity contribution in [2.24, 2.45) is 0 Å². The van der Waals surface area contributed by atoms with E-state index in [0.29, 0.717) is 11.5 Å². The van der Waals surface area contributed by atoms with Crippen LogP contribution in [0.2, 0.25) is 0 Å². The molecule has 1 fully saturated rings. The number of benzene rings is 2. The number of halogens is 1. The molecule has 4 rings (SSSR count). The van der Waals surface area contributed by atoms with Gasteiger partial charge in [-0.3, -0.25) is 9.69 Å². The highest BCUT2D eigenvalue weighted by Crippen LogP contribution is 2.16. The highest BCUT2D eigenvalue weighted by molar-refractivity contribution is 6.03. The number of aromatic nitrogens is 2. The summed E-state index contributed by atoms with van der Waals surface area (Å²) in [6.45, 7) is 4.44. The summed E-state index contributed by atoms with van der Waals surface area (Å²) in [5.74, 6) is -0.312. The lowest BCUT2D eigenvalue weighted by Gasteiger charge is -2.34. The minimum atomic E-state index is -0.480. The lowest BCUT2D eigenvalue weighted by molar-refractivity contribution is 0.102. The van der Waals surface area contributed by atoms with Crippen molar-refractivity contribution in [2.75, 3.05) is 36.4 Å². The van der Waals surface area contributed by atoms with E-state index >= 15 is 0 Å². The van der Waals surface area contributed by atoms with Crippen LogP contribution in [0.5, 0.6) is 0 Å². The molecule has 1 saturated heterocycles. The van der Waals surface area contributed by atoms with E-state index in [0.717, 1.165) is 32.7 Å². The maximum atomic E-state index is 13.7. The van der Waals surface area contributed by atoms with Crippen molar-refractivity contribution < 1.29 is 9.18 Å². The molecule has 0 atom stereocenters. The summed E-state index contributed by atoms with van der Waals surface area (Å²) in [5.41, 5.74) is 1.73. The highest BCUT2D eigenvalue weighted by Gasteiger charge is 2.19. The number of hydrogen-bond acceptors (Lipinski definition) is 5. The van der Waals surface area contributed by atoms with Crippen molar-refractivity contribution in [3.8, 4) is 0 Å². The van der Waals surface area contributed by atoms with Crippen LogP contribution < -0.4 is 10.2 Å². The van der Waals surface area contributed by atoms with Gasteiger partial charge in [-0.2, -0.15) is 0 Å². The zero-order chi connectivity index (χ0) is 20.1. The molecule has 0 spiro atoms. The zero-order valence-electron chi connectivity index (χ0n) is 16.0. The molecule has 1 N–H and O–H groups in total. The summed E-state index contributed by atoms with van der Waals surface area (Å²) in [6, 6.07) is 16.5. The lowest BCUT2D eigenvalue weighted by Crippen LogP contribution is -2.46. The Kier molecular flexibility index (Phi) is 5.76. The van der Waals surface area contributed by atoms with Crippen LogP contribution in [0.25, 0.3) is 0 Å². The topological polar surface area (TPSA) is 61.4 Å². The van der Waals surface area contributed by atoms with E-state index in [4.69, 9.17) is 0 Å². The van der Waals surface area contributed by atoms with Gasteiger partial charge in [-0.05, 0) is 17.7 Å². The molecular weight excluding hydrogens is 369 g/mol. The van der Waals surface area contributed by atoms with Crippen LogP contribution in [0.4, 0.5) is 16.0 Å². The molecule has 0 aliphatic carbocycles. The molecule has 0 radical (unpaired) electrons. The molecule has 2 aromatic carbocycles. The Hall–Kier alpha value is -3.32. The molecule has 0 bridgehead atoms. The Morgan fingerprint density at radius 2 is 1.59 bits per heavy atom. The Morgan fingerprint density at radius 1 is 0.931 bits per heavy atom. The summed E-state index contributed by atoms with van der Waals surface area (Å²) < 4.78 is 13.7. The predicted molar refractivity (Wildman–Crippen MR) is 110 cm³/mol. The molecule has 6 nitrogen and oxygen atoms in total. The van der Waals surface area contributed by atoms with Gasteiger partial charge in [0.2, 0.25) is 5.95 Å². The molecule has 0 unspecified atom stereocenters. The third kappa shape index (κ3) is 4.75. The molecule has 1 aliphatic rings. The van der Waals surface area contributed by atoms with Crippen molar-refractivity contribution in [3.63, 3.8) is 0 Å². The normalized spacial score (nSPS) is 14.6. The zero-order valence-corrected chi connectivity index (χ0v) is 16.0. The Labute approximate surface area is 169 Å². The van der Waals surface area contributed by atoms with Crippen molar-refractivity contribution in [1.29, 1.82) is 0 Å². The minimum absolute atomic E-state index is 0.135. The summed E-state index contributed by atoms with van der Waals surface area (Å²) in [7, 11) is 0. The number of amides is 1. The molecule has 2 heterocycles. The molecule has 7 heteroatoms. The van der Waals surface area contributed by atoms with E-state index in [9.17, 15) is 9.18 Å². The molecular formula is C22H22FN5O. The second-order valence-corrected chi connectivity index (χ2v) is 6.95. The number of nitrogens with zero attached hydrogens (tertiary/aromatic N) is 4. The maximum Gasteiger partial charge on any atom is 0.258 e. The first-order valence-electron chi connectivity index (χ1n) is 9.58. The molecule has 3 aromatic rings. The molecule has 1 aromatic heterocycles. The van der Waals surface area contributed by atoms with Gasteiger partial charge in [-0.25, -0.2) is 14.4 Å². The van der Waals surface area contributed by atoms with Crippen molar-refractivity contribution in [1.82, 2.24) is 14.9 Å². The van der Waals surface area contributed by atoms with Gasteiger partial charge in [0.25, 0.3) is 5.91 Å². The van der Waals surface area contributed by atoms with Crippen LogP contribution in [0, 0.1) is 5.82 Å².